The van der Waals surface area contributed by atoms with E-state index in [4.69, 9.17) is 20.0 Å². The van der Waals surface area contributed by atoms with Gasteiger partial charge in [-0.05, 0) is 12.8 Å². The largest absolute Gasteiger partial charge is 0.480 e. The van der Waals surface area contributed by atoms with Crippen molar-refractivity contribution in [3.63, 3.8) is 0 Å². The maximum Gasteiger partial charge on any atom is 0.339 e. The van der Waals surface area contributed by atoms with Crippen LogP contribution in [0.4, 0.5) is 0 Å². The molecule has 0 aliphatic rings. The Morgan fingerprint density at radius 1 is 1.43 bits per heavy atom. The third-order valence-electron chi connectivity index (χ3n) is 1.49. The first kappa shape index (κ1) is 13.5. The molecule has 0 saturated heterocycles. The molecule has 0 aromatic heterocycles. The zero-order valence-electron chi connectivity index (χ0n) is 7.46. The highest BCUT2D eigenvalue weighted by Crippen LogP contribution is 2.32. The molecule has 0 radical (unpaired) electrons. The van der Waals surface area contributed by atoms with Gasteiger partial charge in [0.25, 0.3) is 0 Å². The lowest BCUT2D eigenvalue weighted by Crippen LogP contribution is -2.37. The number of carboxylic acid groups (broad SMARTS) is 1. The van der Waals surface area contributed by atoms with Crippen molar-refractivity contribution in [1.82, 2.24) is 5.32 Å². The van der Waals surface area contributed by atoms with Crippen molar-refractivity contribution in [1.29, 1.82) is 0 Å². The van der Waals surface area contributed by atoms with Crippen LogP contribution < -0.4 is 5.32 Å². The van der Waals surface area contributed by atoms with E-state index in [0.717, 1.165) is 0 Å². The van der Waals surface area contributed by atoms with E-state index < -0.39 is 25.9 Å². The topological polar surface area (TPSA) is 127 Å². The Bertz CT molecular complexity index is 226. The normalized spacial score (nSPS) is 13.9. The summed E-state index contributed by atoms with van der Waals surface area (Å²) in [5, 5.41) is 19.3. The van der Waals surface area contributed by atoms with Gasteiger partial charge in [0.15, 0.2) is 0 Å². The van der Waals surface area contributed by atoms with E-state index in [1.165, 1.54) is 0 Å². The first-order valence-electron chi connectivity index (χ1n) is 3.98. The van der Waals surface area contributed by atoms with Crippen molar-refractivity contribution in [2.75, 3.05) is 12.9 Å². The number of nitrogens with one attached hydrogen (secondary N) is 1. The van der Waals surface area contributed by atoms with Crippen molar-refractivity contribution in [2.24, 2.45) is 0 Å². The van der Waals surface area contributed by atoms with Gasteiger partial charge in [-0.1, -0.05) is 0 Å². The molecule has 0 aromatic carbocycles. The summed E-state index contributed by atoms with van der Waals surface area (Å²) in [5.41, 5.74) is 0. The zero-order chi connectivity index (χ0) is 11.2. The van der Waals surface area contributed by atoms with Gasteiger partial charge in [0, 0.05) is 6.61 Å². The first-order chi connectivity index (χ1) is 6.37. The molecule has 0 rings (SSSR count). The number of rotatable bonds is 7. The maximum absolute atomic E-state index is 10.5. The summed E-state index contributed by atoms with van der Waals surface area (Å²) >= 11 is 0. The van der Waals surface area contributed by atoms with Gasteiger partial charge in [0.1, 0.15) is 6.04 Å². The van der Waals surface area contributed by atoms with Crippen LogP contribution in [0.25, 0.3) is 0 Å². The molecule has 84 valence electrons. The summed E-state index contributed by atoms with van der Waals surface area (Å²) in [6, 6.07) is -1.03. The van der Waals surface area contributed by atoms with Gasteiger partial charge in [-0.25, -0.2) is 0 Å². The van der Waals surface area contributed by atoms with Crippen LogP contribution in [0.2, 0.25) is 0 Å². The Labute approximate surface area is 80.9 Å². The predicted octanol–water partition coefficient (Wildman–Crippen LogP) is -1.06. The molecule has 5 N–H and O–H groups in total. The summed E-state index contributed by atoms with van der Waals surface area (Å²) in [6.45, 7) is -0.151. The van der Waals surface area contributed by atoms with Gasteiger partial charge in [-0.15, -0.1) is 0 Å². The van der Waals surface area contributed by atoms with Gasteiger partial charge in [0.05, 0.1) is 6.29 Å². The molecule has 7 nitrogen and oxygen atoms in total. The molecule has 0 amide bonds. The van der Waals surface area contributed by atoms with E-state index in [-0.39, 0.29) is 19.4 Å². The number of carbonyl (C=O) groups is 1. The van der Waals surface area contributed by atoms with E-state index in [1.54, 1.807) is 0 Å². The minimum absolute atomic E-state index is 0.131. The predicted molar refractivity (Wildman–Crippen MR) is 47.8 cm³/mol. The van der Waals surface area contributed by atoms with Crippen LogP contribution in [0.5, 0.6) is 0 Å². The molecule has 0 heterocycles. The average molecular weight is 227 g/mol. The smallest absolute Gasteiger partial charge is 0.339 e. The fraction of sp³-hybridized carbons (Fsp3) is 0.833. The van der Waals surface area contributed by atoms with Crippen molar-refractivity contribution in [2.45, 2.75) is 18.9 Å². The Morgan fingerprint density at radius 2 is 2.00 bits per heavy atom. The number of aliphatic hydroxyl groups excluding tert-OH is 1. The summed E-state index contributed by atoms with van der Waals surface area (Å²) < 4.78 is 10.4. The fourth-order valence-corrected chi connectivity index (χ4v) is 1.30. The number of hydrogen-bond donors (Lipinski definition) is 5. The van der Waals surface area contributed by atoms with Crippen LogP contribution in [0.15, 0.2) is 0 Å². The highest BCUT2D eigenvalue weighted by molar-refractivity contribution is 7.51. The van der Waals surface area contributed by atoms with Crippen LogP contribution in [0.3, 0.4) is 0 Å². The molecule has 0 aliphatic carbocycles. The third kappa shape index (κ3) is 6.99. The quantitative estimate of drug-likeness (QED) is 0.350. The Balaban J connectivity index is 3.98. The minimum Gasteiger partial charge on any atom is -0.480 e. The summed E-state index contributed by atoms with van der Waals surface area (Å²) in [7, 11) is -4.23. The molecular formula is C6H14NO6P. The molecule has 1 unspecified atom stereocenters. The zero-order valence-corrected chi connectivity index (χ0v) is 8.35. The number of carboxylic acids is 1. The van der Waals surface area contributed by atoms with Gasteiger partial charge >= 0.3 is 13.6 Å². The van der Waals surface area contributed by atoms with E-state index in [9.17, 15) is 9.36 Å². The lowest BCUT2D eigenvalue weighted by Gasteiger charge is -2.13. The standard InChI is InChI=1S/C6H14NO6P/c8-3-1-2-5(6(9)10)7-4-14(11,12)13/h5,7-8H,1-4H2,(H,9,10)(H2,11,12,13). The van der Waals surface area contributed by atoms with Gasteiger partial charge in [-0.3, -0.25) is 14.7 Å². The molecule has 8 heteroatoms. The molecule has 0 spiro atoms. The van der Waals surface area contributed by atoms with E-state index in [1.807, 2.05) is 0 Å². The summed E-state index contributed by atoms with van der Waals surface area (Å²) in [5.74, 6) is -1.19. The van der Waals surface area contributed by atoms with Crippen molar-refractivity contribution in [3.8, 4) is 0 Å². The van der Waals surface area contributed by atoms with Gasteiger partial charge in [-0.2, -0.15) is 0 Å². The summed E-state index contributed by atoms with van der Waals surface area (Å²) in [6.07, 6.45) is -0.271. The van der Waals surface area contributed by atoms with E-state index in [2.05, 4.69) is 5.32 Å². The van der Waals surface area contributed by atoms with Crippen molar-refractivity contribution in [3.05, 3.63) is 0 Å². The Hall–Kier alpha value is -0.460. The SMILES string of the molecule is O=C(O)C(CCCO)NCP(=O)(O)O. The molecular weight excluding hydrogens is 213 g/mol. The van der Waals surface area contributed by atoms with Crippen LogP contribution >= 0.6 is 7.60 Å². The maximum atomic E-state index is 10.5. The third-order valence-corrected chi connectivity index (χ3v) is 2.09. The number of aliphatic carboxylic acids is 1. The lowest BCUT2D eigenvalue weighted by molar-refractivity contribution is -0.139. The first-order valence-corrected chi connectivity index (χ1v) is 5.78. The van der Waals surface area contributed by atoms with Crippen LogP contribution in [0.1, 0.15) is 12.8 Å². The molecule has 0 aromatic rings. The second-order valence-corrected chi connectivity index (χ2v) is 4.43. The summed E-state index contributed by atoms with van der Waals surface area (Å²) in [4.78, 5) is 27.5. The van der Waals surface area contributed by atoms with Crippen molar-refractivity contribution < 1.29 is 29.4 Å². The van der Waals surface area contributed by atoms with E-state index >= 15 is 0 Å². The highest BCUT2D eigenvalue weighted by Gasteiger charge is 2.20. The monoisotopic (exact) mass is 227 g/mol. The molecule has 14 heavy (non-hydrogen) atoms. The molecule has 0 bridgehead atoms. The lowest BCUT2D eigenvalue weighted by atomic mass is 10.2. The van der Waals surface area contributed by atoms with Crippen LogP contribution in [-0.4, -0.2) is 44.9 Å². The minimum atomic E-state index is -4.23. The fourth-order valence-electron chi connectivity index (χ4n) is 0.837. The molecule has 0 aliphatic heterocycles. The Morgan fingerprint density at radius 3 is 2.36 bits per heavy atom. The number of hydrogen-bond acceptors (Lipinski definition) is 4. The Kier molecular flexibility index (Phi) is 5.90. The van der Waals surface area contributed by atoms with E-state index in [0.29, 0.717) is 0 Å². The van der Waals surface area contributed by atoms with Crippen LogP contribution in [-0.2, 0) is 9.36 Å². The molecule has 0 saturated carbocycles. The average Bonchev–Trinajstić information content (AvgIpc) is 2.01. The molecule has 1 atom stereocenters. The number of aliphatic hydroxyl groups is 1. The molecule has 0 fully saturated rings. The highest BCUT2D eigenvalue weighted by atomic mass is 31.2. The second-order valence-electron chi connectivity index (χ2n) is 2.78. The second kappa shape index (κ2) is 6.10. The van der Waals surface area contributed by atoms with Crippen molar-refractivity contribution >= 4 is 13.6 Å². The van der Waals surface area contributed by atoms with Gasteiger partial charge < -0.3 is 20.0 Å². The van der Waals surface area contributed by atoms with Gasteiger partial charge in [0.2, 0.25) is 0 Å². The van der Waals surface area contributed by atoms with Crippen LogP contribution in [0, 0.1) is 0 Å².